The average molecular weight is 233 g/mol. The molecule has 0 aromatic rings. The molecule has 0 heterocycles. The number of ether oxygens (including phenoxy) is 1. The highest BCUT2D eigenvalue weighted by molar-refractivity contribution is 4.81. The standard InChI is InChI=1S/C12H27NO3/c1-2-3-4-5-6-7-8-16-11-12(13,9-14)10-15/h14-15H,2-11,13H2,1H3. The lowest BCUT2D eigenvalue weighted by Crippen LogP contribution is -2.51. The van der Waals surface area contributed by atoms with Crippen LogP contribution in [0.3, 0.4) is 0 Å². The van der Waals surface area contributed by atoms with E-state index in [0.717, 1.165) is 6.42 Å². The summed E-state index contributed by atoms with van der Waals surface area (Å²) in [4.78, 5) is 0. The van der Waals surface area contributed by atoms with Gasteiger partial charge < -0.3 is 20.7 Å². The van der Waals surface area contributed by atoms with Gasteiger partial charge in [-0.25, -0.2) is 0 Å². The van der Waals surface area contributed by atoms with E-state index in [9.17, 15) is 0 Å². The highest BCUT2D eigenvalue weighted by atomic mass is 16.5. The fourth-order valence-electron chi connectivity index (χ4n) is 1.40. The first-order valence-corrected chi connectivity index (χ1v) is 6.27. The van der Waals surface area contributed by atoms with Crippen LogP contribution in [0, 0.1) is 0 Å². The van der Waals surface area contributed by atoms with Gasteiger partial charge in [0.2, 0.25) is 0 Å². The third-order valence-corrected chi connectivity index (χ3v) is 2.66. The van der Waals surface area contributed by atoms with Crippen molar-refractivity contribution in [1.29, 1.82) is 0 Å². The Kier molecular flexibility index (Phi) is 9.92. The molecule has 0 aliphatic heterocycles. The van der Waals surface area contributed by atoms with Crippen molar-refractivity contribution in [3.8, 4) is 0 Å². The molecule has 0 aliphatic carbocycles. The van der Waals surface area contributed by atoms with Gasteiger partial charge in [-0.3, -0.25) is 0 Å². The van der Waals surface area contributed by atoms with Gasteiger partial charge in [-0.05, 0) is 6.42 Å². The summed E-state index contributed by atoms with van der Waals surface area (Å²) in [6, 6.07) is 0. The second kappa shape index (κ2) is 10.0. The highest BCUT2D eigenvalue weighted by Gasteiger charge is 2.22. The molecule has 16 heavy (non-hydrogen) atoms. The van der Waals surface area contributed by atoms with Crippen molar-refractivity contribution in [2.75, 3.05) is 26.4 Å². The van der Waals surface area contributed by atoms with Gasteiger partial charge in [0.25, 0.3) is 0 Å². The van der Waals surface area contributed by atoms with Crippen LogP contribution in [0.4, 0.5) is 0 Å². The molecule has 0 bridgehead atoms. The predicted molar refractivity (Wildman–Crippen MR) is 65.3 cm³/mol. The quantitative estimate of drug-likeness (QED) is 0.466. The van der Waals surface area contributed by atoms with Crippen molar-refractivity contribution in [2.45, 2.75) is 51.0 Å². The molecule has 0 aromatic carbocycles. The van der Waals surface area contributed by atoms with Crippen LogP contribution in [0.15, 0.2) is 0 Å². The Hall–Kier alpha value is -0.160. The van der Waals surface area contributed by atoms with Crippen LogP contribution in [0.2, 0.25) is 0 Å². The van der Waals surface area contributed by atoms with Crippen molar-refractivity contribution in [3.05, 3.63) is 0 Å². The van der Waals surface area contributed by atoms with Gasteiger partial charge in [-0.1, -0.05) is 39.0 Å². The molecule has 0 fully saturated rings. The lowest BCUT2D eigenvalue weighted by molar-refractivity contribution is 0.0238. The third kappa shape index (κ3) is 8.05. The van der Waals surface area contributed by atoms with Crippen molar-refractivity contribution >= 4 is 0 Å². The number of unbranched alkanes of at least 4 members (excludes halogenated alkanes) is 5. The van der Waals surface area contributed by atoms with Crippen molar-refractivity contribution in [3.63, 3.8) is 0 Å². The van der Waals surface area contributed by atoms with Crippen LogP contribution in [-0.4, -0.2) is 42.2 Å². The maximum absolute atomic E-state index is 8.92. The first kappa shape index (κ1) is 15.8. The van der Waals surface area contributed by atoms with E-state index < -0.39 is 5.54 Å². The Bertz CT molecular complexity index is 149. The Balaban J connectivity index is 3.26. The predicted octanol–water partition coefficient (Wildman–Crippen LogP) is 1.05. The van der Waals surface area contributed by atoms with E-state index in [1.807, 2.05) is 0 Å². The van der Waals surface area contributed by atoms with Crippen LogP contribution >= 0.6 is 0 Å². The zero-order chi connectivity index (χ0) is 12.3. The summed E-state index contributed by atoms with van der Waals surface area (Å²) in [5, 5.41) is 17.8. The summed E-state index contributed by atoms with van der Waals surface area (Å²) in [6.45, 7) is 2.58. The Labute approximate surface area is 98.8 Å². The Morgan fingerprint density at radius 2 is 1.56 bits per heavy atom. The smallest absolute Gasteiger partial charge is 0.0859 e. The molecule has 4 N–H and O–H groups in total. The summed E-state index contributed by atoms with van der Waals surface area (Å²) in [5.74, 6) is 0. The number of aliphatic hydroxyl groups excluding tert-OH is 2. The minimum atomic E-state index is -0.984. The number of hydrogen-bond donors (Lipinski definition) is 3. The molecular weight excluding hydrogens is 206 g/mol. The normalized spacial score (nSPS) is 12.0. The Morgan fingerprint density at radius 1 is 1.00 bits per heavy atom. The number of hydrogen-bond acceptors (Lipinski definition) is 4. The van der Waals surface area contributed by atoms with E-state index in [1.165, 1.54) is 32.1 Å². The van der Waals surface area contributed by atoms with E-state index >= 15 is 0 Å². The van der Waals surface area contributed by atoms with Gasteiger partial charge in [0.15, 0.2) is 0 Å². The number of nitrogens with two attached hydrogens (primary N) is 1. The van der Waals surface area contributed by atoms with E-state index in [2.05, 4.69) is 6.92 Å². The summed E-state index contributed by atoms with van der Waals surface area (Å²) < 4.78 is 5.34. The molecule has 0 rings (SSSR count). The fourth-order valence-corrected chi connectivity index (χ4v) is 1.40. The van der Waals surface area contributed by atoms with E-state index in [1.54, 1.807) is 0 Å². The highest BCUT2D eigenvalue weighted by Crippen LogP contribution is 2.06. The molecule has 0 radical (unpaired) electrons. The summed E-state index contributed by atoms with van der Waals surface area (Å²) >= 11 is 0. The topological polar surface area (TPSA) is 75.7 Å². The fraction of sp³-hybridized carbons (Fsp3) is 1.00. The third-order valence-electron chi connectivity index (χ3n) is 2.66. The van der Waals surface area contributed by atoms with Crippen LogP contribution in [-0.2, 0) is 4.74 Å². The SMILES string of the molecule is CCCCCCCCOCC(N)(CO)CO. The minimum Gasteiger partial charge on any atom is -0.394 e. The number of rotatable bonds is 11. The van der Waals surface area contributed by atoms with Gasteiger partial charge in [0.05, 0.1) is 25.4 Å². The molecule has 0 aromatic heterocycles. The van der Waals surface area contributed by atoms with Crippen LogP contribution in [0.1, 0.15) is 45.4 Å². The molecule has 0 atom stereocenters. The van der Waals surface area contributed by atoms with E-state index in [0.29, 0.717) is 6.61 Å². The molecule has 98 valence electrons. The van der Waals surface area contributed by atoms with Crippen LogP contribution < -0.4 is 5.73 Å². The zero-order valence-electron chi connectivity index (χ0n) is 10.5. The molecule has 0 aliphatic rings. The zero-order valence-corrected chi connectivity index (χ0v) is 10.5. The summed E-state index contributed by atoms with van der Waals surface area (Å²) in [5.41, 5.74) is 4.67. The minimum absolute atomic E-state index is 0.217. The monoisotopic (exact) mass is 233 g/mol. The second-order valence-electron chi connectivity index (χ2n) is 4.50. The second-order valence-corrected chi connectivity index (χ2v) is 4.50. The maximum Gasteiger partial charge on any atom is 0.0859 e. The molecule has 0 saturated heterocycles. The average Bonchev–Trinajstić information content (AvgIpc) is 2.32. The lowest BCUT2D eigenvalue weighted by Gasteiger charge is -2.24. The van der Waals surface area contributed by atoms with Crippen LogP contribution in [0.25, 0.3) is 0 Å². The molecule has 0 saturated carbocycles. The molecule has 0 spiro atoms. The van der Waals surface area contributed by atoms with Gasteiger partial charge >= 0.3 is 0 Å². The molecule has 0 unspecified atom stereocenters. The molecule has 4 nitrogen and oxygen atoms in total. The summed E-state index contributed by atoms with van der Waals surface area (Å²) in [6.07, 6.45) is 7.32. The van der Waals surface area contributed by atoms with Crippen molar-refractivity contribution < 1.29 is 14.9 Å². The summed E-state index contributed by atoms with van der Waals surface area (Å²) in [7, 11) is 0. The van der Waals surface area contributed by atoms with Gasteiger partial charge in [0, 0.05) is 6.61 Å². The van der Waals surface area contributed by atoms with Gasteiger partial charge in [-0.2, -0.15) is 0 Å². The lowest BCUT2D eigenvalue weighted by atomic mass is 10.1. The largest absolute Gasteiger partial charge is 0.394 e. The molecular formula is C12H27NO3. The Morgan fingerprint density at radius 3 is 2.12 bits per heavy atom. The number of aliphatic hydroxyl groups is 2. The van der Waals surface area contributed by atoms with E-state index in [4.69, 9.17) is 20.7 Å². The maximum atomic E-state index is 8.92. The van der Waals surface area contributed by atoms with Crippen LogP contribution in [0.5, 0.6) is 0 Å². The first-order valence-electron chi connectivity index (χ1n) is 6.27. The van der Waals surface area contributed by atoms with Crippen molar-refractivity contribution in [2.24, 2.45) is 5.73 Å². The molecule has 4 heteroatoms. The van der Waals surface area contributed by atoms with Gasteiger partial charge in [0.1, 0.15) is 0 Å². The molecule has 0 amide bonds. The van der Waals surface area contributed by atoms with Crippen molar-refractivity contribution in [1.82, 2.24) is 0 Å². The van der Waals surface area contributed by atoms with Gasteiger partial charge in [-0.15, -0.1) is 0 Å². The first-order chi connectivity index (χ1) is 7.68. The van der Waals surface area contributed by atoms with E-state index in [-0.39, 0.29) is 19.8 Å².